The number of halogens is 2. The summed E-state index contributed by atoms with van der Waals surface area (Å²) in [4.78, 5) is 9.56. The zero-order valence-electron chi connectivity index (χ0n) is 7.13. The Labute approximate surface area is 91.5 Å². The van der Waals surface area contributed by atoms with Crippen molar-refractivity contribution in [3.63, 3.8) is 0 Å². The van der Waals surface area contributed by atoms with Crippen LogP contribution in [0.1, 0.15) is 5.56 Å². The van der Waals surface area contributed by atoms with Crippen molar-refractivity contribution in [2.24, 2.45) is 0 Å². The first-order valence-corrected chi connectivity index (χ1v) is 4.81. The summed E-state index contributed by atoms with van der Waals surface area (Å²) in [5, 5.41) is 3.56. The number of rotatable bonds is 1. The van der Waals surface area contributed by atoms with Gasteiger partial charge in [0.25, 0.3) is 0 Å². The van der Waals surface area contributed by atoms with Gasteiger partial charge in [0, 0.05) is 10.7 Å². The van der Waals surface area contributed by atoms with E-state index in [9.17, 15) is 4.79 Å². The van der Waals surface area contributed by atoms with E-state index in [-0.39, 0.29) is 0 Å². The van der Waals surface area contributed by atoms with E-state index in [2.05, 4.69) is 5.32 Å². The Balaban J connectivity index is 2.45. The lowest BCUT2D eigenvalue weighted by atomic mass is 10.1. The van der Waals surface area contributed by atoms with Gasteiger partial charge in [-0.25, -0.2) is 0 Å². The van der Waals surface area contributed by atoms with Crippen LogP contribution in [-0.4, -0.2) is 11.3 Å². The molecule has 0 bridgehead atoms. The van der Waals surface area contributed by atoms with Gasteiger partial charge in [-0.05, 0) is 29.8 Å². The van der Waals surface area contributed by atoms with Crippen LogP contribution in [0.3, 0.4) is 0 Å². The number of hydrogen-bond donors (Lipinski definition) is 1. The summed E-state index contributed by atoms with van der Waals surface area (Å²) in [6, 6.07) is 5.35. The summed E-state index contributed by atoms with van der Waals surface area (Å²) in [6.07, 6.45) is 4.03. The molecule has 0 amide bonds. The van der Waals surface area contributed by atoms with Crippen molar-refractivity contribution in [1.29, 1.82) is 0 Å². The smallest absolute Gasteiger partial charge is 0.187 e. The number of hydrogen-bond acceptors (Lipinski definition) is 2. The highest BCUT2D eigenvalue weighted by Crippen LogP contribution is 2.31. The molecule has 1 aromatic rings. The number of benzene rings is 1. The van der Waals surface area contributed by atoms with Crippen LogP contribution in [0.2, 0.25) is 5.02 Å². The summed E-state index contributed by atoms with van der Waals surface area (Å²) in [5.41, 5.74) is 1.73. The standard InChI is InChI=1S/C10H7Cl2NO/c11-8-1-2-9-7(5-8)3-4-10(12,6-14)13-9/h1-6,13H/t10-/m0/s1. The molecule has 0 aromatic heterocycles. The Bertz CT molecular complexity index is 417. The Kier molecular flexibility index (Phi) is 2.25. The van der Waals surface area contributed by atoms with Gasteiger partial charge in [-0.2, -0.15) is 0 Å². The van der Waals surface area contributed by atoms with Gasteiger partial charge in [0.05, 0.1) is 0 Å². The second-order valence-electron chi connectivity index (χ2n) is 3.08. The van der Waals surface area contributed by atoms with Crippen LogP contribution in [0, 0.1) is 0 Å². The van der Waals surface area contributed by atoms with E-state index in [0.29, 0.717) is 11.3 Å². The molecule has 1 aliphatic heterocycles. The van der Waals surface area contributed by atoms with Gasteiger partial charge >= 0.3 is 0 Å². The molecule has 1 N–H and O–H groups in total. The molecule has 1 aliphatic rings. The third-order valence-electron chi connectivity index (χ3n) is 2.02. The molecule has 0 unspecified atom stereocenters. The average Bonchev–Trinajstić information content (AvgIpc) is 2.19. The Morgan fingerprint density at radius 3 is 2.93 bits per heavy atom. The number of anilines is 1. The van der Waals surface area contributed by atoms with Crippen molar-refractivity contribution in [3.05, 3.63) is 34.9 Å². The zero-order chi connectivity index (χ0) is 10.2. The largest absolute Gasteiger partial charge is 0.357 e. The summed E-state index contributed by atoms with van der Waals surface area (Å²) in [5.74, 6) is 0. The molecule has 1 aromatic carbocycles. The van der Waals surface area contributed by atoms with Crippen LogP contribution in [0.15, 0.2) is 24.3 Å². The molecular weight excluding hydrogens is 221 g/mol. The predicted octanol–water partition coefficient (Wildman–Crippen LogP) is 2.91. The molecule has 0 spiro atoms. The number of fused-ring (bicyclic) bond motifs is 1. The van der Waals surface area contributed by atoms with Crippen molar-refractivity contribution in [2.45, 2.75) is 5.00 Å². The van der Waals surface area contributed by atoms with Gasteiger partial charge in [0.15, 0.2) is 11.3 Å². The molecular formula is C10H7Cl2NO. The fourth-order valence-corrected chi connectivity index (χ4v) is 1.66. The highest BCUT2D eigenvalue weighted by Gasteiger charge is 2.26. The Morgan fingerprint density at radius 1 is 1.43 bits per heavy atom. The number of carbonyl (C=O) groups is 1. The molecule has 72 valence electrons. The van der Waals surface area contributed by atoms with Crippen LogP contribution in [0.25, 0.3) is 6.08 Å². The monoisotopic (exact) mass is 227 g/mol. The fourth-order valence-electron chi connectivity index (χ4n) is 1.31. The highest BCUT2D eigenvalue weighted by molar-refractivity contribution is 6.35. The lowest BCUT2D eigenvalue weighted by Gasteiger charge is -2.25. The Hall–Kier alpha value is -0.990. The topological polar surface area (TPSA) is 29.1 Å². The summed E-state index contributed by atoms with van der Waals surface area (Å²) < 4.78 is 0. The normalized spacial score (nSPS) is 23.9. The minimum atomic E-state index is -1.12. The molecule has 2 nitrogen and oxygen atoms in total. The van der Waals surface area contributed by atoms with Gasteiger partial charge in [0.1, 0.15) is 0 Å². The maximum atomic E-state index is 10.7. The number of aldehydes is 1. The van der Waals surface area contributed by atoms with Crippen molar-refractivity contribution < 1.29 is 4.79 Å². The van der Waals surface area contributed by atoms with Gasteiger partial charge in [-0.15, -0.1) is 0 Å². The summed E-state index contributed by atoms with van der Waals surface area (Å²) >= 11 is 11.7. The quantitative estimate of drug-likeness (QED) is 0.455. The molecule has 4 heteroatoms. The lowest BCUT2D eigenvalue weighted by Crippen LogP contribution is -2.33. The molecule has 14 heavy (non-hydrogen) atoms. The van der Waals surface area contributed by atoms with E-state index in [1.54, 1.807) is 24.3 Å². The van der Waals surface area contributed by atoms with Gasteiger partial charge < -0.3 is 5.32 Å². The second-order valence-corrected chi connectivity index (χ2v) is 4.14. The lowest BCUT2D eigenvalue weighted by molar-refractivity contribution is -0.108. The highest BCUT2D eigenvalue weighted by atomic mass is 35.5. The first-order chi connectivity index (χ1) is 6.63. The summed E-state index contributed by atoms with van der Waals surface area (Å²) in [6.45, 7) is 0. The molecule has 1 heterocycles. The molecule has 0 saturated heterocycles. The van der Waals surface area contributed by atoms with E-state index < -0.39 is 5.00 Å². The van der Waals surface area contributed by atoms with E-state index in [1.165, 1.54) is 0 Å². The van der Waals surface area contributed by atoms with Crippen molar-refractivity contribution in [1.82, 2.24) is 0 Å². The molecule has 0 fully saturated rings. The summed E-state index contributed by atoms with van der Waals surface area (Å²) in [7, 11) is 0. The second kappa shape index (κ2) is 3.30. The average molecular weight is 228 g/mol. The minimum absolute atomic E-state index is 0.655. The van der Waals surface area contributed by atoms with Crippen LogP contribution >= 0.6 is 23.2 Å². The number of alkyl halides is 1. The van der Waals surface area contributed by atoms with Gasteiger partial charge in [-0.1, -0.05) is 29.3 Å². The van der Waals surface area contributed by atoms with E-state index in [0.717, 1.165) is 11.3 Å². The van der Waals surface area contributed by atoms with Crippen LogP contribution in [0.5, 0.6) is 0 Å². The molecule has 0 saturated carbocycles. The zero-order valence-corrected chi connectivity index (χ0v) is 8.64. The molecule has 0 aliphatic carbocycles. The van der Waals surface area contributed by atoms with E-state index in [1.807, 2.05) is 6.07 Å². The fraction of sp³-hybridized carbons (Fsp3) is 0.100. The Morgan fingerprint density at radius 2 is 2.21 bits per heavy atom. The minimum Gasteiger partial charge on any atom is -0.357 e. The van der Waals surface area contributed by atoms with E-state index in [4.69, 9.17) is 23.2 Å². The SMILES string of the molecule is O=C[C@]1(Cl)C=Cc2cc(Cl)ccc2N1. The maximum absolute atomic E-state index is 10.7. The molecule has 0 radical (unpaired) electrons. The van der Waals surface area contributed by atoms with Gasteiger partial charge in [0.2, 0.25) is 0 Å². The van der Waals surface area contributed by atoms with Crippen molar-refractivity contribution in [2.75, 3.05) is 5.32 Å². The van der Waals surface area contributed by atoms with Crippen LogP contribution < -0.4 is 5.32 Å². The predicted molar refractivity (Wildman–Crippen MR) is 58.8 cm³/mol. The first kappa shape index (κ1) is 9.56. The molecule has 1 atom stereocenters. The maximum Gasteiger partial charge on any atom is 0.187 e. The van der Waals surface area contributed by atoms with Crippen molar-refractivity contribution in [3.8, 4) is 0 Å². The first-order valence-electron chi connectivity index (χ1n) is 4.05. The third-order valence-corrected chi connectivity index (χ3v) is 2.56. The third kappa shape index (κ3) is 1.63. The van der Waals surface area contributed by atoms with Crippen molar-refractivity contribution >= 4 is 41.3 Å². The van der Waals surface area contributed by atoms with E-state index >= 15 is 0 Å². The number of carbonyl (C=O) groups excluding carboxylic acids is 1. The number of nitrogens with one attached hydrogen (secondary N) is 1. The van der Waals surface area contributed by atoms with Crippen LogP contribution in [0.4, 0.5) is 5.69 Å². The van der Waals surface area contributed by atoms with Gasteiger partial charge in [-0.3, -0.25) is 4.79 Å². The molecule has 2 rings (SSSR count). The van der Waals surface area contributed by atoms with Crippen LogP contribution in [-0.2, 0) is 4.79 Å².